The van der Waals surface area contributed by atoms with E-state index in [9.17, 15) is 9.90 Å². The van der Waals surface area contributed by atoms with Crippen LogP contribution < -0.4 is 10.3 Å². The van der Waals surface area contributed by atoms with Crippen molar-refractivity contribution in [3.8, 4) is 5.75 Å². The van der Waals surface area contributed by atoms with Crippen molar-refractivity contribution in [2.75, 3.05) is 6.61 Å². The monoisotopic (exact) mass is 473 g/mol. The van der Waals surface area contributed by atoms with Gasteiger partial charge in [-0.05, 0) is 42.8 Å². The van der Waals surface area contributed by atoms with Crippen LogP contribution in [0.3, 0.4) is 0 Å². The second kappa shape index (κ2) is 10.3. The first-order valence-electron chi connectivity index (χ1n) is 9.69. The Hall–Kier alpha value is -2.39. The molecule has 160 valence electrons. The highest BCUT2D eigenvalue weighted by Crippen LogP contribution is 2.24. The highest BCUT2D eigenvalue weighted by atomic mass is 35.5. The van der Waals surface area contributed by atoms with Gasteiger partial charge in [-0.3, -0.25) is 9.36 Å². The molecule has 0 saturated heterocycles. The van der Waals surface area contributed by atoms with E-state index in [1.807, 2.05) is 35.7 Å². The summed E-state index contributed by atoms with van der Waals surface area (Å²) in [5, 5.41) is 14.0. The Morgan fingerprint density at radius 2 is 1.94 bits per heavy atom. The van der Waals surface area contributed by atoms with E-state index in [4.69, 9.17) is 16.3 Å². The zero-order chi connectivity index (χ0) is 21.6. The van der Waals surface area contributed by atoms with E-state index in [2.05, 4.69) is 9.97 Å². The number of aromatic nitrogens is 3. The van der Waals surface area contributed by atoms with Gasteiger partial charge < -0.3 is 9.84 Å². The van der Waals surface area contributed by atoms with E-state index in [0.717, 1.165) is 16.5 Å². The molecular formula is C22H20ClN3O3S2. The first-order chi connectivity index (χ1) is 15.1. The molecular weight excluding hydrogens is 454 g/mol. The van der Waals surface area contributed by atoms with Crippen molar-refractivity contribution in [2.24, 2.45) is 0 Å². The summed E-state index contributed by atoms with van der Waals surface area (Å²) in [6.07, 6.45) is 0.496. The van der Waals surface area contributed by atoms with Crippen molar-refractivity contribution < 1.29 is 9.84 Å². The summed E-state index contributed by atoms with van der Waals surface area (Å²) in [5.74, 6) is 1.32. The molecule has 0 amide bonds. The third-order valence-electron chi connectivity index (χ3n) is 4.49. The summed E-state index contributed by atoms with van der Waals surface area (Å²) in [4.78, 5) is 22.2. The molecule has 9 heteroatoms. The molecule has 0 aliphatic carbocycles. The second-order valence-electron chi connectivity index (χ2n) is 6.71. The van der Waals surface area contributed by atoms with Crippen LogP contribution in [0.1, 0.15) is 17.1 Å². The number of aliphatic hydroxyl groups is 1. The SMILES string of the molecule is O=c1c2ccccc2nc(SCc2csc(COc3ccc(Cl)cc3)n2)n1CCCO. The first-order valence-corrected chi connectivity index (χ1v) is 11.9. The fourth-order valence-electron chi connectivity index (χ4n) is 2.98. The van der Waals surface area contributed by atoms with Crippen LogP contribution in [0, 0.1) is 0 Å². The number of hydrogen-bond donors (Lipinski definition) is 1. The largest absolute Gasteiger partial charge is 0.486 e. The van der Waals surface area contributed by atoms with Crippen LogP contribution >= 0.6 is 34.7 Å². The standard InChI is InChI=1S/C22H20ClN3O3S2/c23-15-6-8-17(9-7-15)29-12-20-24-16(13-30-20)14-31-22-25-19-5-2-1-4-18(19)21(28)26(22)10-3-11-27/h1-2,4-9,13,27H,3,10-12,14H2. The molecule has 1 N–H and O–H groups in total. The second-order valence-corrected chi connectivity index (χ2v) is 9.03. The van der Waals surface area contributed by atoms with E-state index in [-0.39, 0.29) is 12.2 Å². The van der Waals surface area contributed by atoms with Crippen LogP contribution in [0.2, 0.25) is 5.02 Å². The predicted octanol–water partition coefficient (Wildman–Crippen LogP) is 4.76. The molecule has 31 heavy (non-hydrogen) atoms. The number of fused-ring (bicyclic) bond motifs is 1. The lowest BCUT2D eigenvalue weighted by atomic mass is 10.2. The number of rotatable bonds is 9. The fourth-order valence-corrected chi connectivity index (χ4v) is 4.83. The number of nitrogens with zero attached hydrogens (tertiary/aromatic N) is 3. The van der Waals surface area contributed by atoms with Gasteiger partial charge in [0.25, 0.3) is 5.56 Å². The maximum Gasteiger partial charge on any atom is 0.262 e. The van der Waals surface area contributed by atoms with Crippen LogP contribution in [-0.2, 0) is 18.9 Å². The third kappa shape index (κ3) is 5.46. The molecule has 0 fully saturated rings. The third-order valence-corrected chi connectivity index (χ3v) is 6.62. The van der Waals surface area contributed by atoms with E-state index >= 15 is 0 Å². The number of hydrogen-bond acceptors (Lipinski definition) is 7. The summed E-state index contributed by atoms with van der Waals surface area (Å²) >= 11 is 8.89. The number of thiazole rings is 1. The number of benzene rings is 2. The van der Waals surface area contributed by atoms with Gasteiger partial charge in [-0.1, -0.05) is 35.5 Å². The van der Waals surface area contributed by atoms with Crippen molar-refractivity contribution in [3.05, 3.63) is 80.0 Å². The number of ether oxygens (including phenoxy) is 1. The van der Waals surface area contributed by atoms with Gasteiger partial charge in [0, 0.05) is 29.3 Å². The molecule has 0 bridgehead atoms. The van der Waals surface area contributed by atoms with Crippen molar-refractivity contribution in [1.29, 1.82) is 0 Å². The minimum absolute atomic E-state index is 0.0203. The van der Waals surface area contributed by atoms with Crippen molar-refractivity contribution in [1.82, 2.24) is 14.5 Å². The normalized spacial score (nSPS) is 11.2. The van der Waals surface area contributed by atoms with Gasteiger partial charge >= 0.3 is 0 Å². The van der Waals surface area contributed by atoms with E-state index in [1.54, 1.807) is 22.8 Å². The minimum Gasteiger partial charge on any atom is -0.486 e. The zero-order valence-corrected chi connectivity index (χ0v) is 18.9. The molecule has 0 spiro atoms. The average Bonchev–Trinajstić information content (AvgIpc) is 3.25. The van der Waals surface area contributed by atoms with Crippen molar-refractivity contribution in [2.45, 2.75) is 30.5 Å². The zero-order valence-electron chi connectivity index (χ0n) is 16.5. The average molecular weight is 474 g/mol. The molecule has 0 aliphatic rings. The smallest absolute Gasteiger partial charge is 0.262 e. The van der Waals surface area contributed by atoms with E-state index in [1.165, 1.54) is 23.1 Å². The molecule has 0 unspecified atom stereocenters. The lowest BCUT2D eigenvalue weighted by Crippen LogP contribution is -2.24. The summed E-state index contributed by atoms with van der Waals surface area (Å²) in [5.41, 5.74) is 1.49. The number of thioether (sulfide) groups is 1. The molecule has 0 saturated carbocycles. The number of aliphatic hydroxyl groups excluding tert-OH is 1. The summed E-state index contributed by atoms with van der Waals surface area (Å²) in [6.45, 7) is 0.825. The summed E-state index contributed by atoms with van der Waals surface area (Å²) in [7, 11) is 0. The summed E-state index contributed by atoms with van der Waals surface area (Å²) in [6, 6.07) is 14.5. The molecule has 2 aromatic carbocycles. The van der Waals surface area contributed by atoms with Gasteiger partial charge in [0.1, 0.15) is 17.4 Å². The fraction of sp³-hybridized carbons (Fsp3) is 0.227. The molecule has 4 rings (SSSR count). The topological polar surface area (TPSA) is 77.2 Å². The molecule has 6 nitrogen and oxygen atoms in total. The number of para-hydroxylation sites is 1. The number of halogens is 1. The molecule has 0 atom stereocenters. The Kier molecular flexibility index (Phi) is 7.24. The highest BCUT2D eigenvalue weighted by molar-refractivity contribution is 7.98. The molecule has 0 radical (unpaired) electrons. The van der Waals surface area contributed by atoms with Crippen molar-refractivity contribution >= 4 is 45.6 Å². The summed E-state index contributed by atoms with van der Waals surface area (Å²) < 4.78 is 7.39. The molecule has 0 aliphatic heterocycles. The maximum absolute atomic E-state index is 12.9. The molecule has 2 aromatic heterocycles. The Morgan fingerprint density at radius 1 is 1.13 bits per heavy atom. The maximum atomic E-state index is 12.9. The molecule has 4 aromatic rings. The first kappa shape index (κ1) is 21.8. The van der Waals surface area contributed by atoms with Gasteiger partial charge in [0.15, 0.2) is 5.16 Å². The van der Waals surface area contributed by atoms with E-state index < -0.39 is 0 Å². The van der Waals surface area contributed by atoms with Crippen LogP contribution in [-0.4, -0.2) is 26.2 Å². The van der Waals surface area contributed by atoms with Gasteiger partial charge in [-0.2, -0.15) is 0 Å². The Bertz CT molecular complexity index is 1220. The van der Waals surface area contributed by atoms with Crippen LogP contribution in [0.5, 0.6) is 5.75 Å². The van der Waals surface area contributed by atoms with Crippen LogP contribution in [0.15, 0.2) is 63.9 Å². The predicted molar refractivity (Wildman–Crippen MR) is 125 cm³/mol. The van der Waals surface area contributed by atoms with Crippen LogP contribution in [0.25, 0.3) is 10.9 Å². The van der Waals surface area contributed by atoms with Gasteiger partial charge in [0.2, 0.25) is 0 Å². The Balaban J connectivity index is 1.46. The minimum atomic E-state index is -0.0862. The Labute approximate surface area is 192 Å². The van der Waals surface area contributed by atoms with Crippen LogP contribution in [0.4, 0.5) is 0 Å². The lowest BCUT2D eigenvalue weighted by Gasteiger charge is -2.12. The van der Waals surface area contributed by atoms with Gasteiger partial charge in [0.05, 0.1) is 16.6 Å². The van der Waals surface area contributed by atoms with Gasteiger partial charge in [-0.15, -0.1) is 11.3 Å². The van der Waals surface area contributed by atoms with Crippen molar-refractivity contribution in [3.63, 3.8) is 0 Å². The van der Waals surface area contributed by atoms with Gasteiger partial charge in [-0.25, -0.2) is 9.97 Å². The Morgan fingerprint density at radius 3 is 2.74 bits per heavy atom. The molecule has 2 heterocycles. The lowest BCUT2D eigenvalue weighted by molar-refractivity contribution is 0.276. The quantitative estimate of drug-likeness (QED) is 0.279. The van der Waals surface area contributed by atoms with E-state index in [0.29, 0.717) is 46.4 Å². The highest BCUT2D eigenvalue weighted by Gasteiger charge is 2.12.